The Balaban J connectivity index is 3.51. The van der Waals surface area contributed by atoms with Gasteiger partial charge in [0, 0.05) is 13.0 Å². The van der Waals surface area contributed by atoms with Crippen LogP contribution in [0.4, 0.5) is 0 Å². The highest BCUT2D eigenvalue weighted by atomic mass is 16.7. The van der Waals surface area contributed by atoms with E-state index in [9.17, 15) is 9.59 Å². The predicted molar refractivity (Wildman–Crippen MR) is 130 cm³/mol. The Morgan fingerprint density at radius 1 is 0.710 bits per heavy atom. The lowest BCUT2D eigenvalue weighted by Gasteiger charge is -2.27. The lowest BCUT2D eigenvalue weighted by atomic mass is 9.79. The Bertz CT molecular complexity index is 436. The Morgan fingerprint density at radius 2 is 1.13 bits per heavy atom. The molecule has 0 rings (SSSR count). The Labute approximate surface area is 192 Å². The van der Waals surface area contributed by atoms with Crippen LogP contribution < -0.4 is 11.2 Å². The van der Waals surface area contributed by atoms with Gasteiger partial charge in [-0.3, -0.25) is 4.79 Å². The molecular formula is C26H52N2O3. The number of carbonyl (C=O) groups excluding carboxylic acids is 2. The van der Waals surface area contributed by atoms with Crippen molar-refractivity contribution in [2.45, 2.75) is 143 Å². The van der Waals surface area contributed by atoms with Crippen LogP contribution in [0.1, 0.15) is 143 Å². The summed E-state index contributed by atoms with van der Waals surface area (Å²) in [6, 6.07) is 0. The number of hydrogen-bond donors (Lipinski definition) is 2. The standard InChI is InChI=1S/C26H52N2O3/c1-4-7-8-9-10-11-12-13-14-15-16-17-18-19-20-21-24(29)28-23-22-26(5-2,6-3)25(30)31-27/h4-23,27H2,1-3H3,(H,28,29). The zero-order valence-corrected chi connectivity index (χ0v) is 20.9. The van der Waals surface area contributed by atoms with Gasteiger partial charge < -0.3 is 10.2 Å². The molecule has 0 aliphatic heterocycles. The maximum absolute atomic E-state index is 12.0. The minimum atomic E-state index is -0.587. The average molecular weight is 441 g/mol. The first kappa shape index (κ1) is 29.9. The molecule has 0 spiro atoms. The molecule has 0 heterocycles. The number of carbonyl (C=O) groups is 2. The number of hydrogen-bond acceptors (Lipinski definition) is 4. The van der Waals surface area contributed by atoms with Gasteiger partial charge in [-0.1, -0.05) is 111 Å². The molecular weight excluding hydrogens is 388 g/mol. The lowest BCUT2D eigenvalue weighted by Crippen LogP contribution is -2.37. The van der Waals surface area contributed by atoms with Crippen LogP contribution in [0.5, 0.6) is 0 Å². The highest BCUT2D eigenvalue weighted by Crippen LogP contribution is 2.31. The van der Waals surface area contributed by atoms with E-state index < -0.39 is 5.41 Å². The van der Waals surface area contributed by atoms with Crippen LogP contribution in [0.2, 0.25) is 0 Å². The fourth-order valence-electron chi connectivity index (χ4n) is 4.31. The van der Waals surface area contributed by atoms with E-state index in [2.05, 4.69) is 17.1 Å². The zero-order chi connectivity index (χ0) is 23.2. The molecule has 0 unspecified atom stereocenters. The maximum atomic E-state index is 12.0. The summed E-state index contributed by atoms with van der Waals surface area (Å²) in [7, 11) is 0. The first-order valence-corrected chi connectivity index (χ1v) is 13.2. The summed E-state index contributed by atoms with van der Waals surface area (Å²) < 4.78 is 0. The fraction of sp³-hybridized carbons (Fsp3) is 0.923. The molecule has 0 saturated carbocycles. The van der Waals surface area contributed by atoms with E-state index in [1.807, 2.05) is 13.8 Å². The second-order valence-corrected chi connectivity index (χ2v) is 9.19. The number of unbranched alkanes of at least 4 members (excludes halogenated alkanes) is 14. The quantitative estimate of drug-likeness (QED) is 0.141. The molecule has 0 atom stereocenters. The zero-order valence-electron chi connectivity index (χ0n) is 20.9. The molecule has 0 fully saturated rings. The maximum Gasteiger partial charge on any atom is 0.330 e. The highest BCUT2D eigenvalue weighted by molar-refractivity contribution is 5.77. The number of nitrogens with two attached hydrogens (primary N) is 1. The second-order valence-electron chi connectivity index (χ2n) is 9.19. The largest absolute Gasteiger partial charge is 0.373 e. The van der Waals surface area contributed by atoms with Crippen molar-refractivity contribution in [2.75, 3.05) is 6.54 Å². The molecule has 1 amide bonds. The molecule has 0 aromatic heterocycles. The van der Waals surface area contributed by atoms with Crippen LogP contribution in [-0.2, 0) is 14.4 Å². The highest BCUT2D eigenvalue weighted by Gasteiger charge is 2.36. The van der Waals surface area contributed by atoms with Gasteiger partial charge in [0.1, 0.15) is 0 Å². The van der Waals surface area contributed by atoms with Crippen molar-refractivity contribution >= 4 is 11.9 Å². The molecule has 0 radical (unpaired) electrons. The topological polar surface area (TPSA) is 81.4 Å². The molecule has 5 nitrogen and oxygen atoms in total. The monoisotopic (exact) mass is 440 g/mol. The van der Waals surface area contributed by atoms with Gasteiger partial charge in [0.2, 0.25) is 5.91 Å². The predicted octanol–water partition coefficient (Wildman–Crippen LogP) is 6.98. The first-order valence-electron chi connectivity index (χ1n) is 13.2. The lowest BCUT2D eigenvalue weighted by molar-refractivity contribution is -0.157. The molecule has 5 heteroatoms. The summed E-state index contributed by atoms with van der Waals surface area (Å²) >= 11 is 0. The molecule has 0 aromatic rings. The van der Waals surface area contributed by atoms with Crippen LogP contribution in [-0.4, -0.2) is 18.4 Å². The molecule has 0 aromatic carbocycles. The van der Waals surface area contributed by atoms with Crippen LogP contribution in [0.25, 0.3) is 0 Å². The summed E-state index contributed by atoms with van der Waals surface area (Å²) in [4.78, 5) is 28.4. The van der Waals surface area contributed by atoms with Crippen molar-refractivity contribution in [3.8, 4) is 0 Å². The van der Waals surface area contributed by atoms with Crippen molar-refractivity contribution in [1.82, 2.24) is 5.32 Å². The molecule has 0 aliphatic carbocycles. The van der Waals surface area contributed by atoms with E-state index in [-0.39, 0.29) is 11.9 Å². The van der Waals surface area contributed by atoms with Crippen molar-refractivity contribution in [3.63, 3.8) is 0 Å². The third kappa shape index (κ3) is 15.4. The number of amides is 1. The van der Waals surface area contributed by atoms with E-state index in [1.54, 1.807) is 0 Å². The molecule has 0 saturated heterocycles. The van der Waals surface area contributed by atoms with E-state index in [0.29, 0.717) is 32.2 Å². The summed E-state index contributed by atoms with van der Waals surface area (Å²) in [5.74, 6) is 4.77. The number of nitrogens with one attached hydrogen (secondary N) is 1. The van der Waals surface area contributed by atoms with Gasteiger partial charge in [0.25, 0.3) is 0 Å². The van der Waals surface area contributed by atoms with Crippen LogP contribution in [0.15, 0.2) is 0 Å². The Kier molecular flexibility index (Phi) is 20.0. The van der Waals surface area contributed by atoms with Crippen LogP contribution >= 0.6 is 0 Å². The third-order valence-corrected chi connectivity index (χ3v) is 6.83. The van der Waals surface area contributed by atoms with Gasteiger partial charge in [0.15, 0.2) is 0 Å². The molecule has 3 N–H and O–H groups in total. The van der Waals surface area contributed by atoms with Crippen LogP contribution in [0.3, 0.4) is 0 Å². The van der Waals surface area contributed by atoms with Gasteiger partial charge >= 0.3 is 5.97 Å². The molecule has 184 valence electrons. The normalized spacial score (nSPS) is 11.5. The third-order valence-electron chi connectivity index (χ3n) is 6.83. The second kappa shape index (κ2) is 20.8. The fourth-order valence-corrected chi connectivity index (χ4v) is 4.31. The van der Waals surface area contributed by atoms with Gasteiger partial charge in [-0.2, -0.15) is 5.90 Å². The number of rotatable bonds is 22. The van der Waals surface area contributed by atoms with E-state index in [0.717, 1.165) is 12.8 Å². The van der Waals surface area contributed by atoms with E-state index in [4.69, 9.17) is 5.90 Å². The SMILES string of the molecule is CCCCCCCCCCCCCCCCCC(=O)NCCC(CC)(CC)C(=O)ON. The van der Waals surface area contributed by atoms with Crippen LogP contribution in [0, 0.1) is 5.41 Å². The van der Waals surface area contributed by atoms with Gasteiger partial charge in [0.05, 0.1) is 5.41 Å². The summed E-state index contributed by atoms with van der Waals surface area (Å²) in [6.07, 6.45) is 22.3. The van der Waals surface area contributed by atoms with E-state index in [1.165, 1.54) is 83.5 Å². The first-order chi connectivity index (χ1) is 15.1. The van der Waals surface area contributed by atoms with E-state index >= 15 is 0 Å². The minimum absolute atomic E-state index is 0.0805. The Hall–Kier alpha value is -1.10. The minimum Gasteiger partial charge on any atom is -0.373 e. The van der Waals surface area contributed by atoms with Gasteiger partial charge in [-0.25, -0.2) is 4.79 Å². The van der Waals surface area contributed by atoms with Gasteiger partial charge in [-0.05, 0) is 25.7 Å². The summed E-state index contributed by atoms with van der Waals surface area (Å²) in [6.45, 7) is 6.68. The molecule has 0 bridgehead atoms. The smallest absolute Gasteiger partial charge is 0.330 e. The van der Waals surface area contributed by atoms with Crippen molar-refractivity contribution in [3.05, 3.63) is 0 Å². The summed E-state index contributed by atoms with van der Waals surface area (Å²) in [5.41, 5.74) is -0.587. The van der Waals surface area contributed by atoms with Crippen molar-refractivity contribution < 1.29 is 14.4 Å². The molecule has 0 aliphatic rings. The molecule has 31 heavy (non-hydrogen) atoms. The van der Waals surface area contributed by atoms with Crippen molar-refractivity contribution in [1.29, 1.82) is 0 Å². The summed E-state index contributed by atoms with van der Waals surface area (Å²) in [5, 5.41) is 2.95. The van der Waals surface area contributed by atoms with Gasteiger partial charge in [-0.15, -0.1) is 0 Å². The average Bonchev–Trinajstić information content (AvgIpc) is 2.79. The Morgan fingerprint density at radius 3 is 1.52 bits per heavy atom. The van der Waals surface area contributed by atoms with Crippen molar-refractivity contribution in [2.24, 2.45) is 11.3 Å².